The number of hydrogen-bond acceptors (Lipinski definition) is 4. The fourth-order valence-electron chi connectivity index (χ4n) is 1.44. The number of nitrogens with one attached hydrogen (secondary N) is 2. The van der Waals surface area contributed by atoms with E-state index in [9.17, 15) is 0 Å². The third-order valence-corrected chi connectivity index (χ3v) is 3.27. The highest BCUT2D eigenvalue weighted by Gasteiger charge is 2.13. The molecule has 0 aliphatic carbocycles. The summed E-state index contributed by atoms with van der Waals surface area (Å²) in [5.41, 5.74) is 0. The van der Waals surface area contributed by atoms with Gasteiger partial charge in [-0.25, -0.2) is 4.98 Å². The first kappa shape index (κ1) is 9.40. The molecule has 5 heteroatoms. The normalized spacial score (nSPS) is 22.4. The average molecular weight is 218 g/mol. The van der Waals surface area contributed by atoms with Crippen LogP contribution in [0.2, 0.25) is 4.47 Å². The van der Waals surface area contributed by atoms with Crippen molar-refractivity contribution >= 4 is 22.9 Å². The van der Waals surface area contributed by atoms with Gasteiger partial charge in [0.1, 0.15) is 0 Å². The standard InChI is InChI=1S/C8H12ClN3S/c9-8-12-5-7(13-8)4-11-6-1-2-10-3-6/h5-6,10-11H,1-4H2. The predicted molar refractivity (Wildman–Crippen MR) is 55.2 cm³/mol. The van der Waals surface area contributed by atoms with Crippen LogP contribution < -0.4 is 10.6 Å². The van der Waals surface area contributed by atoms with Gasteiger partial charge in [0, 0.05) is 30.2 Å². The summed E-state index contributed by atoms with van der Waals surface area (Å²) in [5, 5.41) is 6.77. The summed E-state index contributed by atoms with van der Waals surface area (Å²) in [5.74, 6) is 0. The van der Waals surface area contributed by atoms with Crippen LogP contribution in [-0.4, -0.2) is 24.1 Å². The Labute approximate surface area is 86.5 Å². The van der Waals surface area contributed by atoms with Crippen LogP contribution in [0.1, 0.15) is 11.3 Å². The highest BCUT2D eigenvalue weighted by molar-refractivity contribution is 7.15. The van der Waals surface area contributed by atoms with E-state index in [1.54, 1.807) is 11.3 Å². The van der Waals surface area contributed by atoms with Gasteiger partial charge in [0.25, 0.3) is 0 Å². The lowest BCUT2D eigenvalue weighted by atomic mass is 10.2. The van der Waals surface area contributed by atoms with Crippen LogP contribution in [0, 0.1) is 0 Å². The number of nitrogens with zero attached hydrogens (tertiary/aromatic N) is 1. The van der Waals surface area contributed by atoms with Gasteiger partial charge in [0.05, 0.1) is 0 Å². The van der Waals surface area contributed by atoms with Crippen LogP contribution in [0.3, 0.4) is 0 Å². The summed E-state index contributed by atoms with van der Waals surface area (Å²) < 4.78 is 0.626. The molecule has 2 heterocycles. The molecule has 1 aromatic rings. The van der Waals surface area contributed by atoms with Crippen LogP contribution in [0.5, 0.6) is 0 Å². The number of thiazole rings is 1. The quantitative estimate of drug-likeness (QED) is 0.800. The van der Waals surface area contributed by atoms with E-state index in [0.29, 0.717) is 10.5 Å². The van der Waals surface area contributed by atoms with Gasteiger partial charge in [-0.2, -0.15) is 0 Å². The maximum absolute atomic E-state index is 5.72. The molecule has 3 nitrogen and oxygen atoms in total. The SMILES string of the molecule is Clc1ncc(CNC2CCNC2)s1. The van der Waals surface area contributed by atoms with E-state index in [1.165, 1.54) is 11.3 Å². The Morgan fingerprint density at radius 2 is 2.69 bits per heavy atom. The van der Waals surface area contributed by atoms with Crippen molar-refractivity contribution in [3.05, 3.63) is 15.5 Å². The highest BCUT2D eigenvalue weighted by atomic mass is 35.5. The van der Waals surface area contributed by atoms with E-state index in [1.807, 2.05) is 6.20 Å². The first-order valence-corrected chi connectivity index (χ1v) is 5.58. The summed E-state index contributed by atoms with van der Waals surface area (Å²) in [6.45, 7) is 3.09. The summed E-state index contributed by atoms with van der Waals surface area (Å²) in [4.78, 5) is 5.20. The van der Waals surface area contributed by atoms with Gasteiger partial charge in [-0.1, -0.05) is 11.6 Å². The molecule has 1 unspecified atom stereocenters. The Bertz CT molecular complexity index is 270. The van der Waals surface area contributed by atoms with Gasteiger partial charge in [0.15, 0.2) is 4.47 Å². The molecule has 0 amide bonds. The van der Waals surface area contributed by atoms with Crippen LogP contribution in [0.15, 0.2) is 6.20 Å². The van der Waals surface area contributed by atoms with Gasteiger partial charge in [0.2, 0.25) is 0 Å². The van der Waals surface area contributed by atoms with Crippen LogP contribution in [0.4, 0.5) is 0 Å². The Hall–Kier alpha value is -0.160. The smallest absolute Gasteiger partial charge is 0.183 e. The predicted octanol–water partition coefficient (Wildman–Crippen LogP) is 1.25. The Kier molecular flexibility index (Phi) is 3.16. The second-order valence-corrected chi connectivity index (χ2v) is 4.85. The van der Waals surface area contributed by atoms with Crippen LogP contribution >= 0.6 is 22.9 Å². The summed E-state index contributed by atoms with van der Waals surface area (Å²) in [7, 11) is 0. The second kappa shape index (κ2) is 4.37. The molecule has 1 fully saturated rings. The summed E-state index contributed by atoms with van der Waals surface area (Å²) >= 11 is 7.27. The molecule has 0 spiro atoms. The van der Waals surface area contributed by atoms with Gasteiger partial charge in [-0.3, -0.25) is 0 Å². The molecular formula is C8H12ClN3S. The van der Waals surface area contributed by atoms with E-state index >= 15 is 0 Å². The van der Waals surface area contributed by atoms with Gasteiger partial charge in [-0.15, -0.1) is 11.3 Å². The number of hydrogen-bond donors (Lipinski definition) is 2. The van der Waals surface area contributed by atoms with Gasteiger partial charge >= 0.3 is 0 Å². The van der Waals surface area contributed by atoms with Gasteiger partial charge < -0.3 is 10.6 Å². The third kappa shape index (κ3) is 2.64. The van der Waals surface area contributed by atoms with Crippen molar-refractivity contribution in [2.45, 2.75) is 19.0 Å². The minimum atomic E-state index is 0.612. The summed E-state index contributed by atoms with van der Waals surface area (Å²) in [6.07, 6.45) is 3.05. The second-order valence-electron chi connectivity index (χ2n) is 3.15. The molecule has 1 atom stereocenters. The molecule has 1 aliphatic rings. The zero-order chi connectivity index (χ0) is 9.10. The molecule has 0 saturated carbocycles. The number of aromatic nitrogens is 1. The molecule has 1 aromatic heterocycles. The molecule has 72 valence electrons. The molecule has 1 aliphatic heterocycles. The average Bonchev–Trinajstić information content (AvgIpc) is 2.71. The molecule has 2 N–H and O–H groups in total. The molecule has 0 bridgehead atoms. The van der Waals surface area contributed by atoms with E-state index in [2.05, 4.69) is 15.6 Å². The molecule has 13 heavy (non-hydrogen) atoms. The molecule has 1 saturated heterocycles. The molecular weight excluding hydrogens is 206 g/mol. The van der Waals surface area contributed by atoms with Crippen molar-refractivity contribution in [3.8, 4) is 0 Å². The minimum absolute atomic E-state index is 0.612. The van der Waals surface area contributed by atoms with Gasteiger partial charge in [-0.05, 0) is 13.0 Å². The Balaban J connectivity index is 1.78. The lowest BCUT2D eigenvalue weighted by Gasteiger charge is -2.08. The first-order valence-electron chi connectivity index (χ1n) is 4.39. The number of halogens is 1. The van der Waals surface area contributed by atoms with Crippen molar-refractivity contribution in [1.82, 2.24) is 15.6 Å². The van der Waals surface area contributed by atoms with Crippen molar-refractivity contribution in [2.24, 2.45) is 0 Å². The lowest BCUT2D eigenvalue weighted by molar-refractivity contribution is 0.550. The Morgan fingerprint density at radius 3 is 3.31 bits per heavy atom. The zero-order valence-electron chi connectivity index (χ0n) is 7.22. The first-order chi connectivity index (χ1) is 6.34. The van der Waals surface area contributed by atoms with Crippen LogP contribution in [0.25, 0.3) is 0 Å². The Morgan fingerprint density at radius 1 is 1.77 bits per heavy atom. The van der Waals surface area contributed by atoms with Crippen molar-refractivity contribution in [2.75, 3.05) is 13.1 Å². The van der Waals surface area contributed by atoms with Crippen molar-refractivity contribution in [3.63, 3.8) is 0 Å². The van der Waals surface area contributed by atoms with E-state index in [4.69, 9.17) is 11.6 Å². The van der Waals surface area contributed by atoms with E-state index < -0.39 is 0 Å². The summed E-state index contributed by atoms with van der Waals surface area (Å²) in [6, 6.07) is 0.612. The fraction of sp³-hybridized carbons (Fsp3) is 0.625. The van der Waals surface area contributed by atoms with Crippen molar-refractivity contribution in [1.29, 1.82) is 0 Å². The highest BCUT2D eigenvalue weighted by Crippen LogP contribution is 2.17. The zero-order valence-corrected chi connectivity index (χ0v) is 8.79. The van der Waals surface area contributed by atoms with Crippen molar-refractivity contribution < 1.29 is 0 Å². The fourth-order valence-corrected chi connectivity index (χ4v) is 2.37. The minimum Gasteiger partial charge on any atom is -0.315 e. The van der Waals surface area contributed by atoms with E-state index in [-0.39, 0.29) is 0 Å². The molecule has 2 rings (SSSR count). The third-order valence-electron chi connectivity index (χ3n) is 2.15. The molecule has 0 radical (unpaired) electrons. The maximum atomic E-state index is 5.72. The number of rotatable bonds is 3. The largest absolute Gasteiger partial charge is 0.315 e. The van der Waals surface area contributed by atoms with Crippen LogP contribution in [-0.2, 0) is 6.54 Å². The monoisotopic (exact) mass is 217 g/mol. The molecule has 0 aromatic carbocycles. The lowest BCUT2D eigenvalue weighted by Crippen LogP contribution is -2.30. The maximum Gasteiger partial charge on any atom is 0.183 e. The topological polar surface area (TPSA) is 37.0 Å². The van der Waals surface area contributed by atoms with E-state index in [0.717, 1.165) is 19.6 Å².